The quantitative estimate of drug-likeness (QED) is 0.760. The van der Waals surface area contributed by atoms with Gasteiger partial charge in [0.25, 0.3) is 0 Å². The third-order valence-electron chi connectivity index (χ3n) is 4.95. The van der Waals surface area contributed by atoms with E-state index in [1.165, 1.54) is 58.0 Å². The molecule has 1 aliphatic heterocycles. The summed E-state index contributed by atoms with van der Waals surface area (Å²) in [6.45, 7) is 5.39. The Morgan fingerprint density at radius 2 is 1.58 bits per heavy atom. The van der Waals surface area contributed by atoms with Crippen LogP contribution in [0.1, 0.15) is 64.7 Å². The summed E-state index contributed by atoms with van der Waals surface area (Å²) in [5.74, 6) is 2.39. The Bertz CT molecular complexity index is 255. The summed E-state index contributed by atoms with van der Waals surface area (Å²) >= 11 is 0. The number of piperidine rings is 1. The number of ketones is 1. The lowest BCUT2D eigenvalue weighted by Crippen LogP contribution is -2.37. The van der Waals surface area contributed by atoms with Crippen LogP contribution >= 0.6 is 12.4 Å². The van der Waals surface area contributed by atoms with Gasteiger partial charge in [-0.3, -0.25) is 0 Å². The molecule has 2 rings (SSSR count). The number of halogens is 1. The van der Waals surface area contributed by atoms with Crippen LogP contribution in [0.2, 0.25) is 0 Å². The molecule has 0 aromatic rings. The number of carbonyl (C=O) groups excluding carboxylic acids is 1. The second-order valence-corrected chi connectivity index (χ2v) is 6.38. The molecule has 2 fully saturated rings. The van der Waals surface area contributed by atoms with E-state index in [0.29, 0.717) is 5.78 Å². The zero-order chi connectivity index (χ0) is 12.8. The molecule has 2 aliphatic rings. The van der Waals surface area contributed by atoms with Crippen molar-refractivity contribution in [2.24, 2.45) is 11.8 Å². The van der Waals surface area contributed by atoms with Crippen LogP contribution in [0.15, 0.2) is 0 Å². The molecule has 1 saturated heterocycles. The van der Waals surface area contributed by atoms with Gasteiger partial charge in [-0.15, -0.1) is 12.4 Å². The molecular weight excluding hydrogens is 258 g/mol. The minimum Gasteiger partial charge on any atom is -0.303 e. The number of hydrogen-bond donors (Lipinski definition) is 0. The van der Waals surface area contributed by atoms with Gasteiger partial charge in [0.05, 0.1) is 0 Å². The van der Waals surface area contributed by atoms with Crippen molar-refractivity contribution in [3.05, 3.63) is 0 Å². The van der Waals surface area contributed by atoms with Gasteiger partial charge in [-0.1, -0.05) is 32.1 Å². The first-order chi connectivity index (χ1) is 8.75. The van der Waals surface area contributed by atoms with E-state index < -0.39 is 0 Å². The van der Waals surface area contributed by atoms with Crippen LogP contribution in [-0.4, -0.2) is 30.3 Å². The fourth-order valence-electron chi connectivity index (χ4n) is 3.81. The van der Waals surface area contributed by atoms with Crippen molar-refractivity contribution in [1.82, 2.24) is 4.90 Å². The zero-order valence-electron chi connectivity index (χ0n) is 12.4. The molecule has 0 bridgehead atoms. The molecule has 1 aliphatic carbocycles. The highest BCUT2D eigenvalue weighted by atomic mass is 35.5. The predicted molar refractivity (Wildman–Crippen MR) is 82.9 cm³/mol. The number of likely N-dealkylation sites (tertiary alicyclic amines) is 1. The number of hydrogen-bond acceptors (Lipinski definition) is 2. The SMILES string of the molecule is CC(=O)CCCN1CCC(C2CCCCC2)CC1.Cl. The molecule has 0 spiro atoms. The molecule has 112 valence electrons. The van der Waals surface area contributed by atoms with E-state index in [0.717, 1.165) is 31.2 Å². The summed E-state index contributed by atoms with van der Waals surface area (Å²) in [5, 5.41) is 0. The van der Waals surface area contributed by atoms with Gasteiger partial charge in [-0.25, -0.2) is 0 Å². The summed E-state index contributed by atoms with van der Waals surface area (Å²) in [6, 6.07) is 0. The van der Waals surface area contributed by atoms with E-state index in [1.807, 2.05) is 0 Å². The second-order valence-electron chi connectivity index (χ2n) is 6.38. The lowest BCUT2D eigenvalue weighted by Gasteiger charge is -2.37. The number of carbonyl (C=O) groups is 1. The average Bonchev–Trinajstić information content (AvgIpc) is 2.40. The fourth-order valence-corrected chi connectivity index (χ4v) is 3.81. The standard InChI is InChI=1S/C16H29NO.ClH/c1-14(18)6-5-11-17-12-9-16(10-13-17)15-7-3-2-4-8-15;/h15-16H,2-13H2,1H3;1H. The average molecular weight is 288 g/mol. The van der Waals surface area contributed by atoms with E-state index in [4.69, 9.17) is 0 Å². The third-order valence-corrected chi connectivity index (χ3v) is 4.95. The first-order valence-electron chi connectivity index (χ1n) is 7.97. The highest BCUT2D eigenvalue weighted by molar-refractivity contribution is 5.85. The summed E-state index contributed by atoms with van der Waals surface area (Å²) in [6.07, 6.45) is 12.1. The maximum atomic E-state index is 10.9. The van der Waals surface area contributed by atoms with Gasteiger partial charge in [0.2, 0.25) is 0 Å². The Balaban J connectivity index is 0.00000180. The molecule has 1 saturated carbocycles. The van der Waals surface area contributed by atoms with E-state index in [2.05, 4.69) is 4.90 Å². The lowest BCUT2D eigenvalue weighted by atomic mass is 9.76. The largest absolute Gasteiger partial charge is 0.303 e. The maximum Gasteiger partial charge on any atom is 0.129 e. The molecule has 19 heavy (non-hydrogen) atoms. The van der Waals surface area contributed by atoms with Crippen molar-refractivity contribution < 1.29 is 4.79 Å². The predicted octanol–water partition coefficient (Wildman–Crippen LogP) is 4.07. The van der Waals surface area contributed by atoms with Crippen LogP contribution in [0.5, 0.6) is 0 Å². The van der Waals surface area contributed by atoms with Gasteiger partial charge in [-0.2, -0.15) is 0 Å². The second kappa shape index (κ2) is 8.97. The Hall–Kier alpha value is -0.0800. The van der Waals surface area contributed by atoms with Crippen molar-refractivity contribution in [3.63, 3.8) is 0 Å². The van der Waals surface area contributed by atoms with Gasteiger partial charge in [0.15, 0.2) is 0 Å². The van der Waals surface area contributed by atoms with Crippen LogP contribution in [0.25, 0.3) is 0 Å². The van der Waals surface area contributed by atoms with Crippen LogP contribution in [0.4, 0.5) is 0 Å². The van der Waals surface area contributed by atoms with E-state index in [9.17, 15) is 4.79 Å². The van der Waals surface area contributed by atoms with Gasteiger partial charge in [-0.05, 0) is 57.7 Å². The molecular formula is C16H30ClNO. The smallest absolute Gasteiger partial charge is 0.129 e. The summed E-state index contributed by atoms with van der Waals surface area (Å²) in [4.78, 5) is 13.5. The Kier molecular flexibility index (Phi) is 8.01. The molecule has 3 heteroatoms. The number of Topliss-reactive ketones (excluding diaryl/α,β-unsaturated/α-hetero) is 1. The van der Waals surface area contributed by atoms with E-state index in [1.54, 1.807) is 6.92 Å². The van der Waals surface area contributed by atoms with Crippen LogP contribution in [-0.2, 0) is 4.79 Å². The topological polar surface area (TPSA) is 20.3 Å². The van der Waals surface area contributed by atoms with E-state index in [-0.39, 0.29) is 12.4 Å². The maximum absolute atomic E-state index is 10.9. The molecule has 0 aromatic heterocycles. The number of rotatable bonds is 5. The molecule has 2 nitrogen and oxygen atoms in total. The first kappa shape index (κ1) is 17.0. The monoisotopic (exact) mass is 287 g/mol. The van der Waals surface area contributed by atoms with Crippen molar-refractivity contribution in [1.29, 1.82) is 0 Å². The minimum absolute atomic E-state index is 0. The third kappa shape index (κ3) is 5.83. The Labute approximate surface area is 124 Å². The summed E-state index contributed by atoms with van der Waals surface area (Å²) in [7, 11) is 0. The van der Waals surface area contributed by atoms with Crippen molar-refractivity contribution >= 4 is 18.2 Å². The highest BCUT2D eigenvalue weighted by Crippen LogP contribution is 2.35. The van der Waals surface area contributed by atoms with Crippen molar-refractivity contribution in [3.8, 4) is 0 Å². The van der Waals surface area contributed by atoms with E-state index >= 15 is 0 Å². The molecule has 0 amide bonds. The summed E-state index contributed by atoms with van der Waals surface area (Å²) < 4.78 is 0. The van der Waals surface area contributed by atoms with Gasteiger partial charge < -0.3 is 9.69 Å². The fraction of sp³-hybridized carbons (Fsp3) is 0.938. The summed E-state index contributed by atoms with van der Waals surface area (Å²) in [5.41, 5.74) is 0. The zero-order valence-corrected chi connectivity index (χ0v) is 13.2. The van der Waals surface area contributed by atoms with Crippen LogP contribution in [0, 0.1) is 11.8 Å². The van der Waals surface area contributed by atoms with Gasteiger partial charge in [0, 0.05) is 6.42 Å². The van der Waals surface area contributed by atoms with Crippen LogP contribution < -0.4 is 0 Å². The molecule has 0 radical (unpaired) electrons. The van der Waals surface area contributed by atoms with Gasteiger partial charge in [0.1, 0.15) is 5.78 Å². The van der Waals surface area contributed by atoms with Crippen molar-refractivity contribution in [2.45, 2.75) is 64.7 Å². The molecule has 0 aromatic carbocycles. The normalized spacial score (nSPS) is 23.0. The van der Waals surface area contributed by atoms with Gasteiger partial charge >= 0.3 is 0 Å². The number of nitrogens with zero attached hydrogens (tertiary/aromatic N) is 1. The molecule has 0 atom stereocenters. The Morgan fingerprint density at radius 1 is 1.00 bits per heavy atom. The lowest BCUT2D eigenvalue weighted by molar-refractivity contribution is -0.117. The first-order valence-corrected chi connectivity index (χ1v) is 7.97. The van der Waals surface area contributed by atoms with Crippen molar-refractivity contribution in [2.75, 3.05) is 19.6 Å². The van der Waals surface area contributed by atoms with Crippen LogP contribution in [0.3, 0.4) is 0 Å². The molecule has 0 unspecified atom stereocenters. The Morgan fingerprint density at radius 3 is 2.16 bits per heavy atom. The highest BCUT2D eigenvalue weighted by Gasteiger charge is 2.27. The minimum atomic E-state index is 0. The molecule has 1 heterocycles. The molecule has 0 N–H and O–H groups in total.